The van der Waals surface area contributed by atoms with Gasteiger partial charge in [-0.2, -0.15) is 0 Å². The van der Waals surface area contributed by atoms with E-state index in [-0.39, 0.29) is 6.54 Å². The molecule has 0 aliphatic heterocycles. The number of hydrogen-bond acceptors (Lipinski definition) is 2. The fourth-order valence-electron chi connectivity index (χ4n) is 1.07. The maximum atomic E-state index is 10.7. The van der Waals surface area contributed by atoms with Crippen molar-refractivity contribution in [3.05, 3.63) is 34.3 Å². The van der Waals surface area contributed by atoms with Crippen LogP contribution in [0.4, 0.5) is 0 Å². The quantitative estimate of drug-likeness (QED) is 0.896. The third-order valence-corrected chi connectivity index (χ3v) is 2.33. The second kappa shape index (κ2) is 11.6. The number of carboxylic acid groups (broad SMARTS) is 1. The SMILES string of the molecule is CC.CC.NCC(C(=O)O)c1ccc(Br)cc1. The fourth-order valence-corrected chi connectivity index (χ4v) is 1.34. The Morgan fingerprint density at radius 3 is 1.94 bits per heavy atom. The summed E-state index contributed by atoms with van der Waals surface area (Å²) in [7, 11) is 0. The summed E-state index contributed by atoms with van der Waals surface area (Å²) < 4.78 is 0.928. The van der Waals surface area contributed by atoms with Crippen molar-refractivity contribution in [1.82, 2.24) is 0 Å². The highest BCUT2D eigenvalue weighted by Gasteiger charge is 2.16. The van der Waals surface area contributed by atoms with Crippen molar-refractivity contribution in [2.24, 2.45) is 5.73 Å². The van der Waals surface area contributed by atoms with E-state index < -0.39 is 11.9 Å². The molecule has 98 valence electrons. The van der Waals surface area contributed by atoms with E-state index in [9.17, 15) is 4.79 Å². The number of halogens is 1. The molecule has 0 saturated heterocycles. The Bertz CT molecular complexity index is 299. The molecule has 3 N–H and O–H groups in total. The minimum Gasteiger partial charge on any atom is -0.481 e. The number of aliphatic carboxylic acids is 1. The Balaban J connectivity index is 0. The Morgan fingerprint density at radius 1 is 1.24 bits per heavy atom. The average Bonchev–Trinajstić information content (AvgIpc) is 2.37. The maximum absolute atomic E-state index is 10.7. The summed E-state index contributed by atoms with van der Waals surface area (Å²) in [6, 6.07) is 7.13. The average molecular weight is 304 g/mol. The van der Waals surface area contributed by atoms with Crippen LogP contribution in [0.25, 0.3) is 0 Å². The molecule has 1 unspecified atom stereocenters. The summed E-state index contributed by atoms with van der Waals surface area (Å²) in [6.45, 7) is 8.12. The molecule has 0 aliphatic rings. The van der Waals surface area contributed by atoms with Crippen LogP contribution in [-0.4, -0.2) is 17.6 Å². The second-order valence-electron chi connectivity index (χ2n) is 2.68. The first-order valence-electron chi connectivity index (χ1n) is 5.83. The molecular weight excluding hydrogens is 282 g/mol. The van der Waals surface area contributed by atoms with E-state index in [1.807, 2.05) is 27.7 Å². The summed E-state index contributed by atoms with van der Waals surface area (Å²) in [5.74, 6) is -1.49. The van der Waals surface area contributed by atoms with Crippen LogP contribution in [0.5, 0.6) is 0 Å². The zero-order valence-corrected chi connectivity index (χ0v) is 12.5. The molecule has 0 saturated carbocycles. The minimum atomic E-state index is -0.884. The molecule has 0 spiro atoms. The van der Waals surface area contributed by atoms with Crippen LogP contribution in [0.1, 0.15) is 39.2 Å². The van der Waals surface area contributed by atoms with Gasteiger partial charge in [0.2, 0.25) is 0 Å². The molecule has 3 nitrogen and oxygen atoms in total. The van der Waals surface area contributed by atoms with E-state index in [2.05, 4.69) is 15.9 Å². The summed E-state index contributed by atoms with van der Waals surface area (Å²) in [5, 5.41) is 8.80. The van der Waals surface area contributed by atoms with E-state index in [0.29, 0.717) is 0 Å². The first kappa shape index (κ1) is 18.5. The first-order chi connectivity index (χ1) is 8.15. The van der Waals surface area contributed by atoms with Crippen molar-refractivity contribution in [3.63, 3.8) is 0 Å². The fraction of sp³-hybridized carbons (Fsp3) is 0.462. The van der Waals surface area contributed by atoms with Gasteiger partial charge in [0.05, 0.1) is 5.92 Å². The first-order valence-corrected chi connectivity index (χ1v) is 6.62. The monoisotopic (exact) mass is 303 g/mol. The Hall–Kier alpha value is -0.870. The van der Waals surface area contributed by atoms with Crippen LogP contribution in [0.3, 0.4) is 0 Å². The van der Waals surface area contributed by atoms with Gasteiger partial charge in [-0.05, 0) is 17.7 Å². The highest BCUT2D eigenvalue weighted by molar-refractivity contribution is 9.10. The summed E-state index contributed by atoms with van der Waals surface area (Å²) in [4.78, 5) is 10.7. The van der Waals surface area contributed by atoms with E-state index in [1.54, 1.807) is 24.3 Å². The number of hydrogen-bond donors (Lipinski definition) is 2. The number of benzene rings is 1. The molecule has 0 bridgehead atoms. The van der Waals surface area contributed by atoms with Gasteiger partial charge in [-0.15, -0.1) is 0 Å². The number of nitrogens with two attached hydrogens (primary N) is 1. The highest BCUT2D eigenvalue weighted by Crippen LogP contribution is 2.17. The smallest absolute Gasteiger partial charge is 0.312 e. The van der Waals surface area contributed by atoms with Gasteiger partial charge in [0.15, 0.2) is 0 Å². The zero-order chi connectivity index (χ0) is 13.8. The molecule has 0 aromatic heterocycles. The van der Waals surface area contributed by atoms with E-state index in [1.165, 1.54) is 0 Å². The van der Waals surface area contributed by atoms with Gasteiger partial charge in [-0.1, -0.05) is 55.8 Å². The standard InChI is InChI=1S/C9H10BrNO2.2C2H6/c10-7-3-1-6(2-4-7)8(5-11)9(12)13;2*1-2/h1-4,8H,5,11H2,(H,12,13);2*1-2H3. The lowest BCUT2D eigenvalue weighted by Gasteiger charge is -2.09. The van der Waals surface area contributed by atoms with Gasteiger partial charge >= 0.3 is 5.97 Å². The molecule has 0 heterocycles. The number of carboxylic acids is 1. The predicted molar refractivity (Wildman–Crippen MR) is 76.3 cm³/mol. The molecule has 0 amide bonds. The van der Waals surface area contributed by atoms with E-state index >= 15 is 0 Å². The summed E-state index contributed by atoms with van der Waals surface area (Å²) in [6.07, 6.45) is 0. The molecular formula is C13H22BrNO2. The second-order valence-corrected chi connectivity index (χ2v) is 3.59. The summed E-state index contributed by atoms with van der Waals surface area (Å²) >= 11 is 3.27. The van der Waals surface area contributed by atoms with Gasteiger partial charge < -0.3 is 10.8 Å². The largest absolute Gasteiger partial charge is 0.481 e. The molecule has 0 radical (unpaired) electrons. The third kappa shape index (κ3) is 7.13. The lowest BCUT2D eigenvalue weighted by atomic mass is 10.00. The van der Waals surface area contributed by atoms with Crippen molar-refractivity contribution in [3.8, 4) is 0 Å². The van der Waals surface area contributed by atoms with E-state index in [0.717, 1.165) is 10.0 Å². The maximum Gasteiger partial charge on any atom is 0.312 e. The van der Waals surface area contributed by atoms with Crippen LogP contribution in [-0.2, 0) is 4.79 Å². The topological polar surface area (TPSA) is 63.3 Å². The van der Waals surface area contributed by atoms with Gasteiger partial charge in [-0.25, -0.2) is 0 Å². The molecule has 0 fully saturated rings. The molecule has 17 heavy (non-hydrogen) atoms. The Labute approximate surface area is 112 Å². The van der Waals surface area contributed by atoms with Gasteiger partial charge in [0.1, 0.15) is 0 Å². The van der Waals surface area contributed by atoms with Crippen LogP contribution < -0.4 is 5.73 Å². The van der Waals surface area contributed by atoms with Crippen molar-refractivity contribution in [1.29, 1.82) is 0 Å². The highest BCUT2D eigenvalue weighted by atomic mass is 79.9. The van der Waals surface area contributed by atoms with Crippen LogP contribution in [0.15, 0.2) is 28.7 Å². The van der Waals surface area contributed by atoms with Crippen molar-refractivity contribution < 1.29 is 9.90 Å². The third-order valence-electron chi connectivity index (χ3n) is 1.81. The van der Waals surface area contributed by atoms with Gasteiger partial charge in [0, 0.05) is 11.0 Å². The van der Waals surface area contributed by atoms with Crippen molar-refractivity contribution in [2.75, 3.05) is 6.54 Å². The summed E-state index contributed by atoms with van der Waals surface area (Å²) in [5.41, 5.74) is 6.09. The van der Waals surface area contributed by atoms with E-state index in [4.69, 9.17) is 10.8 Å². The molecule has 0 aliphatic carbocycles. The van der Waals surface area contributed by atoms with Gasteiger partial charge in [0.25, 0.3) is 0 Å². The molecule has 1 rings (SSSR count). The molecule has 1 atom stereocenters. The Morgan fingerprint density at radius 2 is 1.65 bits per heavy atom. The van der Waals surface area contributed by atoms with Crippen molar-refractivity contribution >= 4 is 21.9 Å². The predicted octanol–water partition coefficient (Wildman–Crippen LogP) is 3.63. The van der Waals surface area contributed by atoms with Crippen LogP contribution in [0, 0.1) is 0 Å². The number of carbonyl (C=O) groups is 1. The lowest BCUT2D eigenvalue weighted by molar-refractivity contribution is -0.138. The minimum absolute atomic E-state index is 0.122. The molecule has 1 aromatic rings. The Kier molecular flexibility index (Phi) is 12.6. The molecule has 1 aromatic carbocycles. The number of rotatable bonds is 3. The normalized spacial score (nSPS) is 10.2. The van der Waals surface area contributed by atoms with Crippen LogP contribution >= 0.6 is 15.9 Å². The lowest BCUT2D eigenvalue weighted by Crippen LogP contribution is -2.20. The van der Waals surface area contributed by atoms with Crippen molar-refractivity contribution in [2.45, 2.75) is 33.6 Å². The van der Waals surface area contributed by atoms with Crippen LogP contribution in [0.2, 0.25) is 0 Å². The zero-order valence-electron chi connectivity index (χ0n) is 10.9. The molecule has 4 heteroatoms. The van der Waals surface area contributed by atoms with Gasteiger partial charge in [-0.3, -0.25) is 4.79 Å².